The molecule has 0 aliphatic carbocycles. The maximum atomic E-state index is 14.0. The third-order valence-corrected chi connectivity index (χ3v) is 6.35. The molecule has 0 spiro atoms. The van der Waals surface area contributed by atoms with Gasteiger partial charge in [0.15, 0.2) is 0 Å². The fourth-order valence-electron chi connectivity index (χ4n) is 4.36. The third-order valence-electron chi connectivity index (χ3n) is 6.35. The van der Waals surface area contributed by atoms with Gasteiger partial charge in [0.05, 0.1) is 18.8 Å². The maximum Gasteiger partial charge on any atom is 0.236 e. The van der Waals surface area contributed by atoms with Crippen LogP contribution in [-0.4, -0.2) is 92.0 Å². The van der Waals surface area contributed by atoms with Crippen LogP contribution in [0.4, 0.5) is 10.1 Å². The molecular formula is C25H32FN5O2. The highest BCUT2D eigenvalue weighted by molar-refractivity contribution is 5.79. The monoisotopic (exact) mass is 453 g/mol. The van der Waals surface area contributed by atoms with E-state index in [-0.39, 0.29) is 17.6 Å². The summed E-state index contributed by atoms with van der Waals surface area (Å²) < 4.78 is 14.0. The summed E-state index contributed by atoms with van der Waals surface area (Å²) in [7, 11) is 0. The van der Waals surface area contributed by atoms with Crippen LogP contribution in [-0.2, 0) is 16.1 Å². The number of anilines is 1. The number of para-hydroxylation sites is 1. The van der Waals surface area contributed by atoms with E-state index in [2.05, 4.69) is 15.1 Å². The standard InChI is InChI=1S/C25H32FN5O2/c26-22-8-4-5-9-23(22)30-14-16-31(17-15-30)25(33)20-29-12-10-28(11-13-29)19-24(32)27-18-21-6-2-1-3-7-21/h1-9H,10-20H2,(H,27,32). The Balaban J connectivity index is 1.14. The van der Waals surface area contributed by atoms with Crippen molar-refractivity contribution in [1.82, 2.24) is 20.0 Å². The Morgan fingerprint density at radius 1 is 0.758 bits per heavy atom. The zero-order chi connectivity index (χ0) is 23.0. The summed E-state index contributed by atoms with van der Waals surface area (Å²) in [4.78, 5) is 33.2. The first-order valence-electron chi connectivity index (χ1n) is 11.6. The molecule has 2 amide bonds. The van der Waals surface area contributed by atoms with Crippen LogP contribution < -0.4 is 10.2 Å². The summed E-state index contributed by atoms with van der Waals surface area (Å²) in [6, 6.07) is 16.7. The number of rotatable bonds is 7. The second kappa shape index (κ2) is 11.2. The molecule has 2 aliphatic heterocycles. The van der Waals surface area contributed by atoms with Crippen LogP contribution in [0.15, 0.2) is 54.6 Å². The van der Waals surface area contributed by atoms with Gasteiger partial charge >= 0.3 is 0 Å². The number of carbonyl (C=O) groups excluding carboxylic acids is 2. The minimum absolute atomic E-state index is 0.0242. The number of halogens is 1. The molecule has 33 heavy (non-hydrogen) atoms. The predicted octanol–water partition coefficient (Wildman–Crippen LogP) is 1.41. The topological polar surface area (TPSA) is 59.1 Å². The van der Waals surface area contributed by atoms with Gasteiger partial charge < -0.3 is 15.1 Å². The Labute approximate surface area is 194 Å². The zero-order valence-electron chi connectivity index (χ0n) is 19.0. The highest BCUT2D eigenvalue weighted by Gasteiger charge is 2.26. The minimum Gasteiger partial charge on any atom is -0.366 e. The van der Waals surface area contributed by atoms with Crippen LogP contribution in [0.2, 0.25) is 0 Å². The van der Waals surface area contributed by atoms with E-state index in [9.17, 15) is 14.0 Å². The quantitative estimate of drug-likeness (QED) is 0.687. The van der Waals surface area contributed by atoms with Gasteiger partial charge in [0.1, 0.15) is 5.82 Å². The average Bonchev–Trinajstić information content (AvgIpc) is 2.85. The van der Waals surface area contributed by atoms with Crippen LogP contribution in [0.3, 0.4) is 0 Å². The summed E-state index contributed by atoms with van der Waals surface area (Å²) in [6.45, 7) is 6.89. The van der Waals surface area contributed by atoms with Gasteiger partial charge in [-0.15, -0.1) is 0 Å². The number of carbonyl (C=O) groups is 2. The van der Waals surface area contributed by atoms with Gasteiger partial charge in [-0.1, -0.05) is 42.5 Å². The number of nitrogens with zero attached hydrogens (tertiary/aromatic N) is 4. The van der Waals surface area contributed by atoms with Gasteiger partial charge in [0.25, 0.3) is 0 Å². The fraction of sp³-hybridized carbons (Fsp3) is 0.440. The second-order valence-corrected chi connectivity index (χ2v) is 8.63. The molecule has 2 aromatic rings. The van der Waals surface area contributed by atoms with Crippen molar-refractivity contribution >= 4 is 17.5 Å². The number of amides is 2. The van der Waals surface area contributed by atoms with Gasteiger partial charge in [0, 0.05) is 58.9 Å². The summed E-state index contributed by atoms with van der Waals surface area (Å²) in [5.74, 6) is -0.0720. The van der Waals surface area contributed by atoms with E-state index in [0.717, 1.165) is 31.7 Å². The first-order chi connectivity index (χ1) is 16.1. The molecule has 0 radical (unpaired) electrons. The normalized spacial score (nSPS) is 17.7. The molecule has 0 bridgehead atoms. The molecule has 4 rings (SSSR count). The molecule has 2 aromatic carbocycles. The molecule has 0 atom stereocenters. The van der Waals surface area contributed by atoms with Gasteiger partial charge in [-0.3, -0.25) is 19.4 Å². The van der Waals surface area contributed by atoms with Crippen molar-refractivity contribution in [3.8, 4) is 0 Å². The van der Waals surface area contributed by atoms with Crippen molar-refractivity contribution in [3.05, 3.63) is 66.0 Å². The molecule has 2 heterocycles. The molecule has 0 aromatic heterocycles. The summed E-state index contributed by atoms with van der Waals surface area (Å²) >= 11 is 0. The van der Waals surface area contributed by atoms with Crippen molar-refractivity contribution in [2.75, 3.05) is 70.3 Å². The van der Waals surface area contributed by atoms with Crippen LogP contribution >= 0.6 is 0 Å². The smallest absolute Gasteiger partial charge is 0.236 e. The van der Waals surface area contributed by atoms with Crippen molar-refractivity contribution in [2.45, 2.75) is 6.54 Å². The van der Waals surface area contributed by atoms with Crippen molar-refractivity contribution < 1.29 is 14.0 Å². The molecule has 0 unspecified atom stereocenters. The van der Waals surface area contributed by atoms with E-state index >= 15 is 0 Å². The van der Waals surface area contributed by atoms with E-state index in [4.69, 9.17) is 0 Å². The zero-order valence-corrected chi connectivity index (χ0v) is 19.0. The largest absolute Gasteiger partial charge is 0.366 e. The van der Waals surface area contributed by atoms with Crippen molar-refractivity contribution in [3.63, 3.8) is 0 Å². The Morgan fingerprint density at radius 2 is 1.36 bits per heavy atom. The third kappa shape index (κ3) is 6.52. The maximum absolute atomic E-state index is 14.0. The number of benzene rings is 2. The molecule has 0 saturated carbocycles. The molecule has 2 aliphatic rings. The lowest BCUT2D eigenvalue weighted by Crippen LogP contribution is -2.54. The lowest BCUT2D eigenvalue weighted by Gasteiger charge is -2.38. The first-order valence-corrected chi connectivity index (χ1v) is 11.6. The summed E-state index contributed by atoms with van der Waals surface area (Å²) in [5.41, 5.74) is 1.69. The molecule has 7 nitrogen and oxygen atoms in total. The molecule has 8 heteroatoms. The molecule has 2 fully saturated rings. The number of hydrogen-bond donors (Lipinski definition) is 1. The Hall–Kier alpha value is -2.97. The van der Waals surface area contributed by atoms with E-state index in [0.29, 0.717) is 51.5 Å². The lowest BCUT2D eigenvalue weighted by molar-refractivity contribution is -0.133. The molecule has 2 saturated heterocycles. The van der Waals surface area contributed by atoms with Gasteiger partial charge in [-0.2, -0.15) is 0 Å². The molecular weight excluding hydrogens is 421 g/mol. The van der Waals surface area contributed by atoms with Crippen LogP contribution in [0.1, 0.15) is 5.56 Å². The van der Waals surface area contributed by atoms with E-state index in [1.165, 1.54) is 6.07 Å². The second-order valence-electron chi connectivity index (χ2n) is 8.63. The van der Waals surface area contributed by atoms with E-state index in [1.54, 1.807) is 12.1 Å². The highest BCUT2D eigenvalue weighted by Crippen LogP contribution is 2.20. The van der Waals surface area contributed by atoms with Crippen molar-refractivity contribution in [2.24, 2.45) is 0 Å². The van der Waals surface area contributed by atoms with Crippen LogP contribution in [0.25, 0.3) is 0 Å². The van der Waals surface area contributed by atoms with E-state index in [1.807, 2.05) is 46.2 Å². The van der Waals surface area contributed by atoms with Crippen LogP contribution in [0, 0.1) is 5.82 Å². The first kappa shape index (κ1) is 23.2. The molecule has 1 N–H and O–H groups in total. The number of hydrogen-bond acceptors (Lipinski definition) is 5. The summed E-state index contributed by atoms with van der Waals surface area (Å²) in [5, 5.41) is 2.97. The molecule has 176 valence electrons. The van der Waals surface area contributed by atoms with Gasteiger partial charge in [-0.25, -0.2) is 4.39 Å². The van der Waals surface area contributed by atoms with Gasteiger partial charge in [-0.05, 0) is 17.7 Å². The van der Waals surface area contributed by atoms with Gasteiger partial charge in [0.2, 0.25) is 11.8 Å². The fourth-order valence-corrected chi connectivity index (χ4v) is 4.36. The predicted molar refractivity (Wildman–Crippen MR) is 126 cm³/mol. The Kier molecular flexibility index (Phi) is 7.91. The minimum atomic E-state index is -0.219. The van der Waals surface area contributed by atoms with E-state index < -0.39 is 0 Å². The average molecular weight is 454 g/mol. The number of nitrogens with one attached hydrogen (secondary N) is 1. The lowest BCUT2D eigenvalue weighted by atomic mass is 10.2. The SMILES string of the molecule is O=C(CN1CCN(CC(=O)N2CCN(c3ccccc3F)CC2)CC1)NCc1ccccc1. The summed E-state index contributed by atoms with van der Waals surface area (Å²) in [6.07, 6.45) is 0. The highest BCUT2D eigenvalue weighted by atomic mass is 19.1. The van der Waals surface area contributed by atoms with Crippen molar-refractivity contribution in [1.29, 1.82) is 0 Å². The van der Waals surface area contributed by atoms with Crippen LogP contribution in [0.5, 0.6) is 0 Å². The number of piperazine rings is 2. The Morgan fingerprint density at radius 3 is 2.03 bits per heavy atom. The Bertz CT molecular complexity index is 925.